The van der Waals surface area contributed by atoms with E-state index in [0.29, 0.717) is 12.2 Å². The Morgan fingerprint density at radius 3 is 2.78 bits per heavy atom. The first-order valence-electron chi connectivity index (χ1n) is 7.47. The molecule has 2 heterocycles. The molecule has 4 heteroatoms. The lowest BCUT2D eigenvalue weighted by molar-refractivity contribution is -0.145. The van der Waals surface area contributed by atoms with Crippen molar-refractivity contribution in [3.8, 4) is 0 Å². The lowest BCUT2D eigenvalue weighted by Crippen LogP contribution is -2.64. The fourth-order valence-electron chi connectivity index (χ4n) is 3.08. The lowest BCUT2D eigenvalue weighted by atomic mass is 10.0. The van der Waals surface area contributed by atoms with E-state index in [0.717, 1.165) is 32.6 Å². The van der Waals surface area contributed by atoms with Crippen molar-refractivity contribution in [2.45, 2.75) is 58.2 Å². The summed E-state index contributed by atoms with van der Waals surface area (Å²) in [6, 6.07) is 0.625. The molecule has 0 aliphatic carbocycles. The summed E-state index contributed by atoms with van der Waals surface area (Å²) < 4.78 is 0. The molecular formula is C14H27N3O. The standard InChI is InChI=1S/C14H27N3O/c1-3-4-5-6-13-11-16(10-8-15-13)14-7-9-17(14)12(2)18/h13-15H,3-11H2,1-2H3. The summed E-state index contributed by atoms with van der Waals surface area (Å²) in [4.78, 5) is 16.0. The fourth-order valence-corrected chi connectivity index (χ4v) is 3.08. The van der Waals surface area contributed by atoms with Crippen LogP contribution in [0.15, 0.2) is 0 Å². The van der Waals surface area contributed by atoms with Crippen molar-refractivity contribution in [1.29, 1.82) is 0 Å². The predicted octanol–water partition coefficient (Wildman–Crippen LogP) is 1.42. The van der Waals surface area contributed by atoms with E-state index in [1.54, 1.807) is 6.92 Å². The molecule has 0 aromatic carbocycles. The van der Waals surface area contributed by atoms with Crippen LogP contribution in [0.5, 0.6) is 0 Å². The van der Waals surface area contributed by atoms with E-state index < -0.39 is 0 Å². The van der Waals surface area contributed by atoms with Crippen LogP contribution in [-0.2, 0) is 4.79 Å². The number of carbonyl (C=O) groups is 1. The number of hydrogen-bond acceptors (Lipinski definition) is 3. The number of hydrogen-bond donors (Lipinski definition) is 1. The molecule has 104 valence electrons. The minimum Gasteiger partial charge on any atom is -0.327 e. The third-order valence-electron chi connectivity index (χ3n) is 4.26. The molecule has 2 aliphatic rings. The topological polar surface area (TPSA) is 35.6 Å². The van der Waals surface area contributed by atoms with Gasteiger partial charge in [-0.15, -0.1) is 0 Å². The van der Waals surface area contributed by atoms with Crippen molar-refractivity contribution in [1.82, 2.24) is 15.1 Å². The van der Waals surface area contributed by atoms with E-state index in [1.165, 1.54) is 25.7 Å². The van der Waals surface area contributed by atoms with Gasteiger partial charge in [0.15, 0.2) is 0 Å². The number of nitrogens with zero attached hydrogens (tertiary/aromatic N) is 2. The number of likely N-dealkylation sites (tertiary alicyclic amines) is 1. The normalized spacial score (nSPS) is 29.1. The fraction of sp³-hybridized carbons (Fsp3) is 0.929. The highest BCUT2D eigenvalue weighted by atomic mass is 16.2. The second-order valence-electron chi connectivity index (χ2n) is 5.62. The molecule has 2 aliphatic heterocycles. The molecular weight excluding hydrogens is 226 g/mol. The quantitative estimate of drug-likeness (QED) is 0.753. The third-order valence-corrected chi connectivity index (χ3v) is 4.26. The first kappa shape index (κ1) is 13.8. The van der Waals surface area contributed by atoms with Crippen molar-refractivity contribution in [3.05, 3.63) is 0 Å². The highest BCUT2D eigenvalue weighted by Crippen LogP contribution is 2.23. The Labute approximate surface area is 111 Å². The van der Waals surface area contributed by atoms with Gasteiger partial charge in [-0.1, -0.05) is 26.2 Å². The molecule has 18 heavy (non-hydrogen) atoms. The molecule has 2 rings (SSSR count). The van der Waals surface area contributed by atoms with E-state index in [-0.39, 0.29) is 5.91 Å². The van der Waals surface area contributed by atoms with Gasteiger partial charge < -0.3 is 10.2 Å². The molecule has 0 saturated carbocycles. The molecule has 2 unspecified atom stereocenters. The summed E-state index contributed by atoms with van der Waals surface area (Å²) in [6.07, 6.45) is 6.76. The Balaban J connectivity index is 1.78. The highest BCUT2D eigenvalue weighted by molar-refractivity contribution is 5.74. The monoisotopic (exact) mass is 253 g/mol. The second kappa shape index (κ2) is 6.53. The Morgan fingerprint density at radius 1 is 1.33 bits per heavy atom. The van der Waals surface area contributed by atoms with Crippen LogP contribution >= 0.6 is 0 Å². The maximum Gasteiger partial charge on any atom is 0.220 e. The van der Waals surface area contributed by atoms with E-state index >= 15 is 0 Å². The van der Waals surface area contributed by atoms with Crippen molar-refractivity contribution >= 4 is 5.91 Å². The van der Waals surface area contributed by atoms with Gasteiger partial charge in [-0.05, 0) is 12.8 Å². The van der Waals surface area contributed by atoms with Gasteiger partial charge in [-0.3, -0.25) is 9.69 Å². The number of unbranched alkanes of at least 4 members (excludes halogenated alkanes) is 2. The minimum atomic E-state index is 0.229. The summed E-state index contributed by atoms with van der Waals surface area (Å²) in [6.45, 7) is 8.15. The number of amides is 1. The molecule has 0 spiro atoms. The number of piperazine rings is 1. The van der Waals surface area contributed by atoms with Crippen LogP contribution < -0.4 is 5.32 Å². The minimum absolute atomic E-state index is 0.229. The first-order chi connectivity index (χ1) is 8.72. The smallest absolute Gasteiger partial charge is 0.220 e. The van der Waals surface area contributed by atoms with Gasteiger partial charge in [0.25, 0.3) is 0 Å². The van der Waals surface area contributed by atoms with Crippen molar-refractivity contribution < 1.29 is 4.79 Å². The Bertz CT molecular complexity index is 282. The highest BCUT2D eigenvalue weighted by Gasteiger charge is 2.36. The molecule has 2 saturated heterocycles. The Kier molecular flexibility index (Phi) is 5.01. The van der Waals surface area contributed by atoms with Crippen molar-refractivity contribution in [3.63, 3.8) is 0 Å². The van der Waals surface area contributed by atoms with Crippen LogP contribution in [0.2, 0.25) is 0 Å². The predicted molar refractivity (Wildman–Crippen MR) is 73.3 cm³/mol. The van der Waals surface area contributed by atoms with Crippen molar-refractivity contribution in [2.24, 2.45) is 0 Å². The molecule has 4 nitrogen and oxygen atoms in total. The lowest BCUT2D eigenvalue weighted by Gasteiger charge is -2.49. The van der Waals surface area contributed by atoms with Crippen LogP contribution in [0, 0.1) is 0 Å². The van der Waals surface area contributed by atoms with E-state index in [9.17, 15) is 4.79 Å². The van der Waals surface area contributed by atoms with Gasteiger partial charge in [0.2, 0.25) is 5.91 Å². The van der Waals surface area contributed by atoms with Crippen molar-refractivity contribution in [2.75, 3.05) is 26.2 Å². The van der Waals surface area contributed by atoms with Gasteiger partial charge in [0, 0.05) is 39.1 Å². The first-order valence-corrected chi connectivity index (χ1v) is 7.47. The summed E-state index contributed by atoms with van der Waals surface area (Å²) in [7, 11) is 0. The molecule has 2 fully saturated rings. The number of carbonyl (C=O) groups excluding carboxylic acids is 1. The zero-order valence-corrected chi connectivity index (χ0v) is 11.8. The molecule has 0 radical (unpaired) electrons. The molecule has 0 aromatic rings. The second-order valence-corrected chi connectivity index (χ2v) is 5.62. The van der Waals surface area contributed by atoms with E-state index in [4.69, 9.17) is 0 Å². The zero-order valence-electron chi connectivity index (χ0n) is 11.8. The van der Waals surface area contributed by atoms with Gasteiger partial charge >= 0.3 is 0 Å². The van der Waals surface area contributed by atoms with Crippen LogP contribution in [0.4, 0.5) is 0 Å². The van der Waals surface area contributed by atoms with Gasteiger partial charge in [-0.25, -0.2) is 0 Å². The van der Waals surface area contributed by atoms with Gasteiger partial charge in [-0.2, -0.15) is 0 Å². The molecule has 1 amide bonds. The summed E-state index contributed by atoms with van der Waals surface area (Å²) in [5.41, 5.74) is 0. The average molecular weight is 253 g/mol. The SMILES string of the molecule is CCCCCC1CN(C2CCN2C(C)=O)CCN1. The van der Waals surface area contributed by atoms with Crippen LogP contribution in [0.3, 0.4) is 0 Å². The van der Waals surface area contributed by atoms with Crippen LogP contribution in [0.25, 0.3) is 0 Å². The Morgan fingerprint density at radius 2 is 2.17 bits per heavy atom. The Hall–Kier alpha value is -0.610. The van der Waals surface area contributed by atoms with E-state index in [2.05, 4.69) is 17.1 Å². The molecule has 0 bridgehead atoms. The summed E-state index contributed by atoms with van der Waals surface area (Å²) in [5, 5.41) is 3.61. The summed E-state index contributed by atoms with van der Waals surface area (Å²) in [5.74, 6) is 0.229. The average Bonchev–Trinajstić information content (AvgIpc) is 2.27. The number of rotatable bonds is 5. The maximum atomic E-state index is 11.5. The van der Waals surface area contributed by atoms with Gasteiger partial charge in [0.1, 0.15) is 0 Å². The van der Waals surface area contributed by atoms with E-state index in [1.807, 2.05) is 4.90 Å². The summed E-state index contributed by atoms with van der Waals surface area (Å²) >= 11 is 0. The maximum absolute atomic E-state index is 11.5. The molecule has 2 atom stereocenters. The zero-order chi connectivity index (χ0) is 13.0. The third kappa shape index (κ3) is 3.23. The molecule has 1 N–H and O–H groups in total. The van der Waals surface area contributed by atoms with Gasteiger partial charge in [0.05, 0.1) is 6.17 Å². The van der Waals surface area contributed by atoms with Crippen LogP contribution in [-0.4, -0.2) is 54.1 Å². The largest absolute Gasteiger partial charge is 0.327 e. The van der Waals surface area contributed by atoms with Crippen LogP contribution in [0.1, 0.15) is 46.0 Å². The number of nitrogens with one attached hydrogen (secondary N) is 1. The molecule has 0 aromatic heterocycles.